The fraction of sp³-hybridized carbons (Fsp3) is 1.00. The molecule has 0 spiro atoms. The van der Waals surface area contributed by atoms with Gasteiger partial charge >= 0.3 is 0 Å². The summed E-state index contributed by atoms with van der Waals surface area (Å²) in [4.78, 5) is 0. The van der Waals surface area contributed by atoms with E-state index in [-0.39, 0.29) is 5.41 Å². The van der Waals surface area contributed by atoms with Crippen molar-refractivity contribution in [3.05, 3.63) is 0 Å². The topological polar surface area (TPSA) is 55.4 Å². The van der Waals surface area contributed by atoms with E-state index in [0.717, 1.165) is 26.1 Å². The van der Waals surface area contributed by atoms with Crippen LogP contribution in [0.2, 0.25) is 0 Å². The average Bonchev–Trinajstić information content (AvgIpc) is 2.02. The molecule has 1 heterocycles. The van der Waals surface area contributed by atoms with Crippen LogP contribution in [0.15, 0.2) is 0 Å². The second kappa shape index (κ2) is 3.94. The van der Waals surface area contributed by atoms with E-state index >= 15 is 0 Å². The van der Waals surface area contributed by atoms with Gasteiger partial charge in [0.25, 0.3) is 0 Å². The van der Waals surface area contributed by atoms with E-state index in [1.807, 2.05) is 0 Å². The van der Waals surface area contributed by atoms with Gasteiger partial charge in [0.1, 0.15) is 0 Å². The van der Waals surface area contributed by atoms with Gasteiger partial charge in [0.05, 0.1) is 6.26 Å². The van der Waals surface area contributed by atoms with Gasteiger partial charge < -0.3 is 4.74 Å². The molecule has 0 radical (unpaired) electrons. The van der Waals surface area contributed by atoms with E-state index in [1.54, 1.807) is 0 Å². The van der Waals surface area contributed by atoms with Crippen LogP contribution in [0.3, 0.4) is 0 Å². The zero-order valence-electron chi connectivity index (χ0n) is 8.17. The molecule has 0 aromatic rings. The smallest absolute Gasteiger partial charge is 0.208 e. The van der Waals surface area contributed by atoms with E-state index in [0.29, 0.717) is 6.54 Å². The Bertz CT molecular complexity index is 255. The maximum atomic E-state index is 10.9. The van der Waals surface area contributed by atoms with Gasteiger partial charge in [0, 0.05) is 19.8 Å². The van der Waals surface area contributed by atoms with Crippen molar-refractivity contribution < 1.29 is 13.2 Å². The third-order valence-electron chi connectivity index (χ3n) is 2.46. The molecule has 1 aliphatic rings. The number of hydrogen-bond acceptors (Lipinski definition) is 3. The highest BCUT2D eigenvalue weighted by molar-refractivity contribution is 7.88. The van der Waals surface area contributed by atoms with Gasteiger partial charge in [0.15, 0.2) is 0 Å². The van der Waals surface area contributed by atoms with Crippen LogP contribution in [0.1, 0.15) is 19.8 Å². The minimum Gasteiger partial charge on any atom is -0.381 e. The minimum absolute atomic E-state index is 0.0708. The van der Waals surface area contributed by atoms with Crippen LogP contribution < -0.4 is 4.72 Å². The first-order valence-electron chi connectivity index (χ1n) is 4.44. The summed E-state index contributed by atoms with van der Waals surface area (Å²) in [7, 11) is -3.05. The van der Waals surface area contributed by atoms with Gasteiger partial charge in [-0.2, -0.15) is 0 Å². The highest BCUT2D eigenvalue weighted by atomic mass is 32.2. The summed E-state index contributed by atoms with van der Waals surface area (Å²) < 4.78 is 29.5. The molecule has 0 aromatic carbocycles. The molecule has 1 rings (SSSR count). The fourth-order valence-electron chi connectivity index (χ4n) is 1.35. The van der Waals surface area contributed by atoms with Gasteiger partial charge in [-0.15, -0.1) is 0 Å². The molecule has 1 N–H and O–H groups in total. The summed E-state index contributed by atoms with van der Waals surface area (Å²) in [5.41, 5.74) is 0.0708. The molecule has 1 saturated heterocycles. The van der Waals surface area contributed by atoms with Crippen molar-refractivity contribution in [1.29, 1.82) is 0 Å². The molecule has 13 heavy (non-hydrogen) atoms. The summed E-state index contributed by atoms with van der Waals surface area (Å²) in [6, 6.07) is 0. The van der Waals surface area contributed by atoms with E-state index in [9.17, 15) is 8.42 Å². The van der Waals surface area contributed by atoms with Crippen LogP contribution >= 0.6 is 0 Å². The maximum absolute atomic E-state index is 10.9. The Morgan fingerprint density at radius 2 is 1.92 bits per heavy atom. The number of nitrogens with one attached hydrogen (secondary N) is 1. The van der Waals surface area contributed by atoms with Crippen LogP contribution in [0, 0.1) is 5.41 Å². The molecule has 0 atom stereocenters. The van der Waals surface area contributed by atoms with Gasteiger partial charge in [-0.25, -0.2) is 13.1 Å². The predicted octanol–water partition coefficient (Wildman–Crippen LogP) is 0.352. The Kier molecular flexibility index (Phi) is 3.32. The van der Waals surface area contributed by atoms with Gasteiger partial charge in [-0.3, -0.25) is 0 Å². The van der Waals surface area contributed by atoms with Crippen molar-refractivity contribution in [3.63, 3.8) is 0 Å². The summed E-state index contributed by atoms with van der Waals surface area (Å²) >= 11 is 0. The minimum atomic E-state index is -3.05. The molecule has 1 fully saturated rings. The van der Waals surface area contributed by atoms with Crippen LogP contribution in [-0.2, 0) is 14.8 Å². The van der Waals surface area contributed by atoms with Gasteiger partial charge in [0.2, 0.25) is 10.0 Å². The molecule has 4 nitrogen and oxygen atoms in total. The Hall–Kier alpha value is -0.130. The monoisotopic (exact) mass is 207 g/mol. The Balaban J connectivity index is 2.42. The first-order chi connectivity index (χ1) is 5.91. The Labute approximate surface area is 79.7 Å². The summed E-state index contributed by atoms with van der Waals surface area (Å²) in [6.07, 6.45) is 3.04. The number of sulfonamides is 1. The Morgan fingerprint density at radius 3 is 2.38 bits per heavy atom. The lowest BCUT2D eigenvalue weighted by Gasteiger charge is -2.33. The van der Waals surface area contributed by atoms with E-state index in [2.05, 4.69) is 11.6 Å². The lowest BCUT2D eigenvalue weighted by molar-refractivity contribution is 0.0265. The summed E-state index contributed by atoms with van der Waals surface area (Å²) in [6.45, 7) is 4.09. The van der Waals surface area contributed by atoms with Crippen LogP contribution in [0.25, 0.3) is 0 Å². The quantitative estimate of drug-likeness (QED) is 0.726. The highest BCUT2D eigenvalue weighted by Gasteiger charge is 2.27. The van der Waals surface area contributed by atoms with Crippen LogP contribution in [-0.4, -0.2) is 34.4 Å². The molecule has 0 amide bonds. The summed E-state index contributed by atoms with van der Waals surface area (Å²) in [5.74, 6) is 0. The maximum Gasteiger partial charge on any atom is 0.208 e. The molecule has 0 bridgehead atoms. The van der Waals surface area contributed by atoms with Crippen LogP contribution in [0.4, 0.5) is 0 Å². The second-order valence-corrected chi connectivity index (χ2v) is 5.85. The predicted molar refractivity (Wildman–Crippen MR) is 51.0 cm³/mol. The van der Waals surface area contributed by atoms with Crippen molar-refractivity contribution >= 4 is 10.0 Å². The second-order valence-electron chi connectivity index (χ2n) is 4.02. The fourth-order valence-corrected chi connectivity index (χ4v) is 1.96. The summed E-state index contributed by atoms with van der Waals surface area (Å²) in [5, 5.41) is 0. The molecule has 0 unspecified atom stereocenters. The van der Waals surface area contributed by atoms with Gasteiger partial charge in [-0.1, -0.05) is 6.92 Å². The largest absolute Gasteiger partial charge is 0.381 e. The molecule has 0 aromatic heterocycles. The molecule has 1 aliphatic heterocycles. The highest BCUT2D eigenvalue weighted by Crippen LogP contribution is 2.28. The lowest BCUT2D eigenvalue weighted by Crippen LogP contribution is -2.38. The van der Waals surface area contributed by atoms with Crippen LogP contribution in [0.5, 0.6) is 0 Å². The molecular weight excluding hydrogens is 190 g/mol. The first kappa shape index (κ1) is 10.9. The van der Waals surface area contributed by atoms with Crippen molar-refractivity contribution in [3.8, 4) is 0 Å². The molecule has 0 aliphatic carbocycles. The van der Waals surface area contributed by atoms with Crippen molar-refractivity contribution in [2.24, 2.45) is 5.41 Å². The zero-order chi connectivity index (χ0) is 9.95. The third kappa shape index (κ3) is 4.06. The molecular formula is C8H17NO3S. The first-order valence-corrected chi connectivity index (χ1v) is 6.33. The normalized spacial score (nSPS) is 22.9. The van der Waals surface area contributed by atoms with E-state index < -0.39 is 10.0 Å². The third-order valence-corrected chi connectivity index (χ3v) is 3.13. The number of ether oxygens (including phenoxy) is 1. The standard InChI is InChI=1S/C8H17NO3S/c1-8(3-5-12-6-4-8)7-9-13(2,10)11/h9H,3-7H2,1-2H3. The SMILES string of the molecule is CC1(CNS(C)(=O)=O)CCOCC1. The van der Waals surface area contributed by atoms with E-state index in [1.165, 1.54) is 6.26 Å². The lowest BCUT2D eigenvalue weighted by atomic mass is 9.83. The molecule has 0 saturated carbocycles. The van der Waals surface area contributed by atoms with Gasteiger partial charge in [-0.05, 0) is 18.3 Å². The molecule has 5 heteroatoms. The zero-order valence-corrected chi connectivity index (χ0v) is 8.99. The average molecular weight is 207 g/mol. The van der Waals surface area contributed by atoms with Crippen molar-refractivity contribution in [2.75, 3.05) is 26.0 Å². The van der Waals surface area contributed by atoms with E-state index in [4.69, 9.17) is 4.74 Å². The number of hydrogen-bond donors (Lipinski definition) is 1. The molecule has 78 valence electrons. The number of rotatable bonds is 3. The van der Waals surface area contributed by atoms with Crippen molar-refractivity contribution in [2.45, 2.75) is 19.8 Å². The van der Waals surface area contributed by atoms with Crippen molar-refractivity contribution in [1.82, 2.24) is 4.72 Å². The Morgan fingerprint density at radius 1 is 1.38 bits per heavy atom.